The molecule has 1 aromatic carbocycles. The number of nitrogens with zero attached hydrogens (tertiary/aromatic N) is 1. The van der Waals surface area contributed by atoms with E-state index in [1.54, 1.807) is 0 Å². The molecule has 0 radical (unpaired) electrons. The molecule has 1 aliphatic heterocycles. The highest BCUT2D eigenvalue weighted by atomic mass is 32.1. The van der Waals surface area contributed by atoms with Crippen LogP contribution in [0.5, 0.6) is 0 Å². The Morgan fingerprint density at radius 3 is 3.13 bits per heavy atom. The Hall–Kier alpha value is -1.91. The standard InChI is InChI=1S/C19H20N2OS/c1-2-13-4-3-5-15-16(10-20-19(13)15)17(22)12-21-8-6-18-14(11-21)7-9-23-18/h3-5,7,9-10,20H,2,6,8,11-12H2,1H3. The molecule has 0 saturated heterocycles. The van der Waals surface area contributed by atoms with Gasteiger partial charge in [-0.2, -0.15) is 0 Å². The van der Waals surface area contributed by atoms with E-state index >= 15 is 0 Å². The highest BCUT2D eigenvalue weighted by molar-refractivity contribution is 7.10. The normalized spacial score (nSPS) is 15.0. The van der Waals surface area contributed by atoms with Gasteiger partial charge in [-0.15, -0.1) is 11.3 Å². The molecule has 0 spiro atoms. The second kappa shape index (κ2) is 5.95. The number of rotatable bonds is 4. The second-order valence-corrected chi connectivity index (χ2v) is 7.15. The average molecular weight is 324 g/mol. The predicted molar refractivity (Wildman–Crippen MR) is 95.3 cm³/mol. The molecule has 0 aliphatic carbocycles. The lowest BCUT2D eigenvalue weighted by Gasteiger charge is -2.25. The summed E-state index contributed by atoms with van der Waals surface area (Å²) in [5, 5.41) is 3.21. The van der Waals surface area contributed by atoms with Gasteiger partial charge in [0, 0.05) is 40.6 Å². The Labute approximate surface area is 139 Å². The van der Waals surface area contributed by atoms with Gasteiger partial charge in [-0.25, -0.2) is 0 Å². The minimum absolute atomic E-state index is 0.211. The maximum Gasteiger partial charge on any atom is 0.178 e. The third kappa shape index (κ3) is 2.62. The number of benzene rings is 1. The Bertz CT molecular complexity index is 861. The molecule has 0 saturated carbocycles. The van der Waals surface area contributed by atoms with Gasteiger partial charge >= 0.3 is 0 Å². The zero-order valence-corrected chi connectivity index (χ0v) is 14.1. The van der Waals surface area contributed by atoms with Crippen molar-refractivity contribution < 1.29 is 4.79 Å². The topological polar surface area (TPSA) is 36.1 Å². The van der Waals surface area contributed by atoms with Crippen molar-refractivity contribution in [3.63, 3.8) is 0 Å². The number of Topliss-reactive ketones (excluding diaryl/α,β-unsaturated/α-hetero) is 1. The number of nitrogens with one attached hydrogen (secondary N) is 1. The minimum Gasteiger partial charge on any atom is -0.360 e. The van der Waals surface area contributed by atoms with Gasteiger partial charge in [-0.05, 0) is 35.4 Å². The molecule has 3 nitrogen and oxygen atoms in total. The molecule has 0 fully saturated rings. The number of aromatic nitrogens is 1. The second-order valence-electron chi connectivity index (χ2n) is 6.15. The molecule has 1 N–H and O–H groups in total. The van der Waals surface area contributed by atoms with Crippen LogP contribution in [0.2, 0.25) is 0 Å². The van der Waals surface area contributed by atoms with Crippen molar-refractivity contribution in [1.29, 1.82) is 0 Å². The van der Waals surface area contributed by atoms with Gasteiger partial charge in [0.15, 0.2) is 5.78 Å². The molecular weight excluding hydrogens is 304 g/mol. The quantitative estimate of drug-likeness (QED) is 0.736. The van der Waals surface area contributed by atoms with Crippen LogP contribution in [-0.2, 0) is 19.4 Å². The number of carbonyl (C=O) groups excluding carboxylic acids is 1. The van der Waals surface area contributed by atoms with Crippen LogP contribution in [0, 0.1) is 0 Å². The fourth-order valence-electron chi connectivity index (χ4n) is 3.47. The van der Waals surface area contributed by atoms with E-state index < -0.39 is 0 Å². The van der Waals surface area contributed by atoms with Gasteiger partial charge in [0.25, 0.3) is 0 Å². The number of thiophene rings is 1. The third-order valence-corrected chi connectivity index (χ3v) is 5.76. The average Bonchev–Trinajstić information content (AvgIpc) is 3.20. The molecule has 0 atom stereocenters. The molecule has 0 amide bonds. The molecule has 23 heavy (non-hydrogen) atoms. The molecule has 4 heteroatoms. The zero-order valence-electron chi connectivity index (χ0n) is 13.3. The Morgan fingerprint density at radius 2 is 2.26 bits per heavy atom. The number of aryl methyl sites for hydroxylation is 1. The van der Waals surface area contributed by atoms with Gasteiger partial charge < -0.3 is 4.98 Å². The summed E-state index contributed by atoms with van der Waals surface area (Å²) < 4.78 is 0. The van der Waals surface area contributed by atoms with Gasteiger partial charge in [-0.1, -0.05) is 25.1 Å². The minimum atomic E-state index is 0.211. The van der Waals surface area contributed by atoms with E-state index in [0.29, 0.717) is 6.54 Å². The number of fused-ring (bicyclic) bond motifs is 2. The SMILES string of the molecule is CCc1cccc2c(C(=O)CN3CCc4sccc4C3)c[nH]c12. The first-order chi connectivity index (χ1) is 11.3. The Morgan fingerprint density at radius 1 is 1.35 bits per heavy atom. The first-order valence-electron chi connectivity index (χ1n) is 8.16. The van der Waals surface area contributed by atoms with Crippen LogP contribution >= 0.6 is 11.3 Å². The number of carbonyl (C=O) groups is 1. The summed E-state index contributed by atoms with van der Waals surface area (Å²) in [6.45, 7) is 4.51. The molecule has 118 valence electrons. The maximum absolute atomic E-state index is 12.8. The third-order valence-electron chi connectivity index (χ3n) is 4.74. The number of hydrogen-bond donors (Lipinski definition) is 1. The number of aromatic amines is 1. The summed E-state index contributed by atoms with van der Waals surface area (Å²) in [6.07, 6.45) is 3.92. The number of H-pyrrole nitrogens is 1. The molecule has 0 unspecified atom stereocenters. The van der Waals surface area contributed by atoms with E-state index in [1.165, 1.54) is 16.0 Å². The molecule has 2 aromatic heterocycles. The van der Waals surface area contributed by atoms with Crippen molar-refractivity contribution in [2.45, 2.75) is 26.3 Å². The highest BCUT2D eigenvalue weighted by Crippen LogP contribution is 2.26. The van der Waals surface area contributed by atoms with Crippen molar-refractivity contribution in [1.82, 2.24) is 9.88 Å². The summed E-state index contributed by atoms with van der Waals surface area (Å²) >= 11 is 1.83. The molecule has 3 aromatic rings. The van der Waals surface area contributed by atoms with E-state index in [-0.39, 0.29) is 5.78 Å². The summed E-state index contributed by atoms with van der Waals surface area (Å²) in [5.74, 6) is 0.211. The van der Waals surface area contributed by atoms with E-state index in [1.807, 2.05) is 29.7 Å². The van der Waals surface area contributed by atoms with Crippen LogP contribution in [-0.4, -0.2) is 28.8 Å². The zero-order chi connectivity index (χ0) is 15.8. The van der Waals surface area contributed by atoms with Crippen LogP contribution in [0.15, 0.2) is 35.8 Å². The number of hydrogen-bond acceptors (Lipinski definition) is 3. The van der Waals surface area contributed by atoms with E-state index in [4.69, 9.17) is 0 Å². The number of ketones is 1. The lowest BCUT2D eigenvalue weighted by atomic mass is 10.0. The van der Waals surface area contributed by atoms with Crippen LogP contribution in [0.4, 0.5) is 0 Å². The fraction of sp³-hybridized carbons (Fsp3) is 0.316. The van der Waals surface area contributed by atoms with E-state index in [9.17, 15) is 4.79 Å². The van der Waals surface area contributed by atoms with Gasteiger partial charge in [0.05, 0.1) is 6.54 Å². The largest absolute Gasteiger partial charge is 0.360 e. The summed E-state index contributed by atoms with van der Waals surface area (Å²) in [5.41, 5.74) is 4.59. The fourth-order valence-corrected chi connectivity index (χ4v) is 4.36. The lowest BCUT2D eigenvalue weighted by Crippen LogP contribution is -2.34. The number of para-hydroxylation sites is 1. The molecule has 1 aliphatic rings. The highest BCUT2D eigenvalue weighted by Gasteiger charge is 2.21. The van der Waals surface area contributed by atoms with Gasteiger partial charge in [0.1, 0.15) is 0 Å². The molecule has 4 rings (SSSR count). The first kappa shape index (κ1) is 14.7. The first-order valence-corrected chi connectivity index (χ1v) is 9.04. The maximum atomic E-state index is 12.8. The van der Waals surface area contributed by atoms with Crippen molar-refractivity contribution in [3.05, 3.63) is 57.4 Å². The smallest absolute Gasteiger partial charge is 0.178 e. The Balaban J connectivity index is 1.56. The van der Waals surface area contributed by atoms with Crippen molar-refractivity contribution in [2.24, 2.45) is 0 Å². The van der Waals surface area contributed by atoms with Gasteiger partial charge in [0.2, 0.25) is 0 Å². The summed E-state index contributed by atoms with van der Waals surface area (Å²) in [4.78, 5) is 19.8. The van der Waals surface area contributed by atoms with Gasteiger partial charge in [-0.3, -0.25) is 9.69 Å². The van der Waals surface area contributed by atoms with Crippen molar-refractivity contribution >= 4 is 28.0 Å². The van der Waals surface area contributed by atoms with Crippen LogP contribution in [0.3, 0.4) is 0 Å². The molecular formula is C19H20N2OS. The predicted octanol–water partition coefficient (Wildman–Crippen LogP) is 4.03. The monoisotopic (exact) mass is 324 g/mol. The van der Waals surface area contributed by atoms with Crippen LogP contribution in [0.25, 0.3) is 10.9 Å². The van der Waals surface area contributed by atoms with Crippen LogP contribution < -0.4 is 0 Å². The van der Waals surface area contributed by atoms with Crippen molar-refractivity contribution in [3.8, 4) is 0 Å². The van der Waals surface area contributed by atoms with E-state index in [2.05, 4.69) is 34.3 Å². The molecule has 0 bridgehead atoms. The Kier molecular flexibility index (Phi) is 3.79. The van der Waals surface area contributed by atoms with Crippen LogP contribution in [0.1, 0.15) is 33.3 Å². The summed E-state index contributed by atoms with van der Waals surface area (Å²) in [7, 11) is 0. The lowest BCUT2D eigenvalue weighted by molar-refractivity contribution is 0.0924. The van der Waals surface area contributed by atoms with Crippen molar-refractivity contribution in [2.75, 3.05) is 13.1 Å². The van der Waals surface area contributed by atoms with E-state index in [0.717, 1.165) is 42.4 Å². The molecule has 3 heterocycles. The summed E-state index contributed by atoms with van der Waals surface area (Å²) in [6, 6.07) is 8.40.